The van der Waals surface area contributed by atoms with E-state index in [1.54, 1.807) is 0 Å². The summed E-state index contributed by atoms with van der Waals surface area (Å²) in [4.78, 5) is 23.7. The number of aliphatic carboxylic acids is 1. The fraction of sp³-hybridized carbons (Fsp3) is 0.818. The Morgan fingerprint density at radius 2 is 2.00 bits per heavy atom. The van der Waals surface area contributed by atoms with Crippen LogP contribution in [0.1, 0.15) is 32.6 Å². The molecule has 98 valence electrons. The smallest absolute Gasteiger partial charge is 0.326 e. The lowest BCUT2D eigenvalue weighted by atomic mass is 9.91. The van der Waals surface area contributed by atoms with Crippen LogP contribution in [0.5, 0.6) is 0 Å². The van der Waals surface area contributed by atoms with Gasteiger partial charge in [0.25, 0.3) is 0 Å². The van der Waals surface area contributed by atoms with Crippen molar-refractivity contribution in [2.75, 3.05) is 7.05 Å². The lowest BCUT2D eigenvalue weighted by Crippen LogP contribution is -2.54. The highest BCUT2D eigenvalue weighted by molar-refractivity contribution is 5.82. The van der Waals surface area contributed by atoms with Gasteiger partial charge in [0.2, 0.25) is 0 Å². The monoisotopic (exact) mass is 243 g/mol. The van der Waals surface area contributed by atoms with Crippen LogP contribution in [0.2, 0.25) is 0 Å². The van der Waals surface area contributed by atoms with Crippen molar-refractivity contribution in [2.45, 2.75) is 50.7 Å². The van der Waals surface area contributed by atoms with Crippen molar-refractivity contribution < 1.29 is 14.7 Å². The fourth-order valence-corrected chi connectivity index (χ4v) is 1.94. The minimum absolute atomic E-state index is 0.0266. The Balaban J connectivity index is 2.50. The van der Waals surface area contributed by atoms with Gasteiger partial charge in [-0.25, -0.2) is 9.59 Å². The molecule has 1 aliphatic carbocycles. The van der Waals surface area contributed by atoms with E-state index in [-0.39, 0.29) is 18.1 Å². The molecule has 0 aromatic rings. The highest BCUT2D eigenvalue weighted by Crippen LogP contribution is 2.17. The summed E-state index contributed by atoms with van der Waals surface area (Å²) in [5, 5.41) is 11.6. The molecule has 4 N–H and O–H groups in total. The minimum Gasteiger partial charge on any atom is -0.480 e. The number of carboxylic acid groups (broad SMARTS) is 1. The van der Waals surface area contributed by atoms with Gasteiger partial charge < -0.3 is 21.1 Å². The molecule has 0 aromatic carbocycles. The summed E-state index contributed by atoms with van der Waals surface area (Å²) in [5.74, 6) is -1.02. The van der Waals surface area contributed by atoms with Crippen LogP contribution in [0.3, 0.4) is 0 Å². The summed E-state index contributed by atoms with van der Waals surface area (Å²) in [5.41, 5.74) is 5.91. The van der Waals surface area contributed by atoms with Crippen molar-refractivity contribution in [3.05, 3.63) is 0 Å². The molecule has 1 fully saturated rings. The molecule has 0 saturated heterocycles. The second-order valence-electron chi connectivity index (χ2n) is 4.63. The number of nitrogens with one attached hydrogen (secondary N) is 1. The normalized spacial score (nSPS) is 26.1. The van der Waals surface area contributed by atoms with Crippen LogP contribution in [0.25, 0.3) is 0 Å². The molecule has 3 atom stereocenters. The quantitative estimate of drug-likeness (QED) is 0.667. The maximum Gasteiger partial charge on any atom is 0.326 e. The molecule has 3 unspecified atom stereocenters. The molecule has 6 nitrogen and oxygen atoms in total. The Labute approximate surface area is 101 Å². The number of carbonyl (C=O) groups is 2. The lowest BCUT2D eigenvalue weighted by Gasteiger charge is -2.31. The second kappa shape index (κ2) is 5.86. The molecule has 0 bridgehead atoms. The zero-order valence-corrected chi connectivity index (χ0v) is 10.3. The van der Waals surface area contributed by atoms with E-state index in [4.69, 9.17) is 10.8 Å². The summed E-state index contributed by atoms with van der Waals surface area (Å²) >= 11 is 0. The average molecular weight is 243 g/mol. The molecule has 0 aliphatic heterocycles. The van der Waals surface area contributed by atoms with Crippen LogP contribution in [0.15, 0.2) is 0 Å². The highest BCUT2D eigenvalue weighted by atomic mass is 16.4. The number of carboxylic acids is 1. The van der Waals surface area contributed by atoms with Gasteiger partial charge in [-0.3, -0.25) is 0 Å². The van der Waals surface area contributed by atoms with Crippen molar-refractivity contribution in [2.24, 2.45) is 5.73 Å². The fourth-order valence-electron chi connectivity index (χ4n) is 1.94. The third-order valence-electron chi connectivity index (χ3n) is 3.39. The number of nitrogens with zero attached hydrogens (tertiary/aromatic N) is 1. The molecular formula is C11H21N3O3. The Morgan fingerprint density at radius 1 is 1.41 bits per heavy atom. The second-order valence-corrected chi connectivity index (χ2v) is 4.63. The van der Waals surface area contributed by atoms with Crippen LogP contribution in [-0.2, 0) is 4.79 Å². The first-order valence-corrected chi connectivity index (χ1v) is 5.95. The largest absolute Gasteiger partial charge is 0.480 e. The SMILES string of the molecule is CC(C(=O)O)N(C)C(=O)NC1CCCCC1N. The summed E-state index contributed by atoms with van der Waals surface area (Å²) in [7, 11) is 1.47. The first-order valence-electron chi connectivity index (χ1n) is 5.95. The Kier molecular flexibility index (Phi) is 4.74. The number of rotatable bonds is 3. The summed E-state index contributed by atoms with van der Waals surface area (Å²) in [6, 6.07) is -1.28. The number of hydrogen-bond acceptors (Lipinski definition) is 3. The van der Waals surface area contributed by atoms with Gasteiger partial charge in [-0.2, -0.15) is 0 Å². The predicted octanol–water partition coefficient (Wildman–Crippen LogP) is 0.371. The molecular weight excluding hydrogens is 222 g/mol. The van der Waals surface area contributed by atoms with E-state index in [9.17, 15) is 9.59 Å². The van der Waals surface area contributed by atoms with E-state index in [0.717, 1.165) is 25.7 Å². The molecule has 0 radical (unpaired) electrons. The number of hydrogen-bond donors (Lipinski definition) is 3. The van der Waals surface area contributed by atoms with E-state index >= 15 is 0 Å². The van der Waals surface area contributed by atoms with Gasteiger partial charge in [0.1, 0.15) is 6.04 Å². The molecule has 1 aliphatic rings. The van der Waals surface area contributed by atoms with E-state index < -0.39 is 12.0 Å². The van der Waals surface area contributed by atoms with Crippen molar-refractivity contribution in [3.8, 4) is 0 Å². The van der Waals surface area contributed by atoms with Crippen LogP contribution in [-0.4, -0.2) is 47.2 Å². The third kappa shape index (κ3) is 3.59. The third-order valence-corrected chi connectivity index (χ3v) is 3.39. The van der Waals surface area contributed by atoms with E-state index in [1.165, 1.54) is 18.9 Å². The van der Waals surface area contributed by atoms with E-state index in [2.05, 4.69) is 5.32 Å². The highest BCUT2D eigenvalue weighted by Gasteiger charge is 2.27. The topological polar surface area (TPSA) is 95.7 Å². The van der Waals surface area contributed by atoms with Gasteiger partial charge in [-0.15, -0.1) is 0 Å². The number of carbonyl (C=O) groups excluding carboxylic acids is 1. The first-order chi connectivity index (χ1) is 7.93. The standard InChI is InChI=1S/C11H21N3O3/c1-7(10(15)16)14(2)11(17)13-9-6-4-3-5-8(9)12/h7-9H,3-6,12H2,1-2H3,(H,13,17)(H,15,16). The van der Waals surface area contributed by atoms with Crippen LogP contribution in [0.4, 0.5) is 4.79 Å². The molecule has 0 aromatic heterocycles. The summed E-state index contributed by atoms with van der Waals surface area (Å²) < 4.78 is 0. The maximum atomic E-state index is 11.8. The van der Waals surface area contributed by atoms with Crippen LogP contribution >= 0.6 is 0 Å². The molecule has 6 heteroatoms. The first kappa shape index (κ1) is 13.8. The molecule has 1 rings (SSSR count). The van der Waals surface area contributed by atoms with Crippen molar-refractivity contribution >= 4 is 12.0 Å². The number of nitrogens with two attached hydrogens (primary N) is 1. The molecule has 1 saturated carbocycles. The van der Waals surface area contributed by atoms with Crippen molar-refractivity contribution in [1.29, 1.82) is 0 Å². The van der Waals surface area contributed by atoms with Gasteiger partial charge in [0.05, 0.1) is 0 Å². The Hall–Kier alpha value is -1.30. The van der Waals surface area contributed by atoms with Crippen LogP contribution < -0.4 is 11.1 Å². The van der Waals surface area contributed by atoms with Gasteiger partial charge in [0, 0.05) is 19.1 Å². The Morgan fingerprint density at radius 3 is 2.53 bits per heavy atom. The maximum absolute atomic E-state index is 11.8. The number of amides is 2. The zero-order valence-electron chi connectivity index (χ0n) is 10.3. The van der Waals surface area contributed by atoms with E-state index in [1.807, 2.05) is 0 Å². The van der Waals surface area contributed by atoms with Crippen molar-refractivity contribution in [1.82, 2.24) is 10.2 Å². The van der Waals surface area contributed by atoms with Gasteiger partial charge in [0.15, 0.2) is 0 Å². The van der Waals surface area contributed by atoms with Gasteiger partial charge in [-0.05, 0) is 19.8 Å². The Bertz CT molecular complexity index is 296. The zero-order chi connectivity index (χ0) is 13.0. The molecule has 0 spiro atoms. The number of urea groups is 1. The minimum atomic E-state index is -1.02. The predicted molar refractivity (Wildman–Crippen MR) is 63.6 cm³/mol. The lowest BCUT2D eigenvalue weighted by molar-refractivity contribution is -0.141. The summed E-state index contributed by atoms with van der Waals surface area (Å²) in [6.07, 6.45) is 3.91. The van der Waals surface area contributed by atoms with Gasteiger partial charge >= 0.3 is 12.0 Å². The molecule has 17 heavy (non-hydrogen) atoms. The van der Waals surface area contributed by atoms with Crippen molar-refractivity contribution in [3.63, 3.8) is 0 Å². The van der Waals surface area contributed by atoms with Gasteiger partial charge in [-0.1, -0.05) is 12.8 Å². The average Bonchev–Trinajstić information content (AvgIpc) is 2.30. The molecule has 2 amide bonds. The molecule has 0 heterocycles. The van der Waals surface area contributed by atoms with Crippen LogP contribution in [0, 0.1) is 0 Å². The summed E-state index contributed by atoms with van der Waals surface area (Å²) in [6.45, 7) is 1.47. The van der Waals surface area contributed by atoms with E-state index in [0.29, 0.717) is 0 Å². The number of likely N-dealkylation sites (N-methyl/N-ethyl adjacent to an activating group) is 1.